The predicted molar refractivity (Wildman–Crippen MR) is 77.4 cm³/mol. The molecule has 0 saturated carbocycles. The Morgan fingerprint density at radius 2 is 2.05 bits per heavy atom. The summed E-state index contributed by atoms with van der Waals surface area (Å²) in [6, 6.07) is 7.37. The topological polar surface area (TPSA) is 47.5 Å². The second-order valence-corrected chi connectivity index (χ2v) is 4.66. The summed E-state index contributed by atoms with van der Waals surface area (Å²) in [5.74, 6) is 0.456. The molecule has 0 atom stereocenters. The molecule has 4 nitrogen and oxygen atoms in total. The van der Waals surface area contributed by atoms with E-state index >= 15 is 0 Å². The molecular weight excluding hydrogens is 252 g/mol. The van der Waals surface area contributed by atoms with Gasteiger partial charge in [-0.05, 0) is 32.4 Å². The monoisotopic (exact) mass is 270 g/mol. The number of amides is 1. The van der Waals surface area contributed by atoms with E-state index in [9.17, 15) is 4.79 Å². The maximum absolute atomic E-state index is 12.2. The zero-order chi connectivity index (χ0) is 14.7. The Morgan fingerprint density at radius 1 is 1.35 bits per heavy atom. The number of allylic oxidation sites excluding steroid dienone is 1. The first-order valence-corrected chi connectivity index (χ1v) is 6.47. The Kier molecular flexibility index (Phi) is 4.03. The maximum atomic E-state index is 12.2. The Bertz CT molecular complexity index is 720. The van der Waals surface area contributed by atoms with Crippen LogP contribution in [0.3, 0.4) is 0 Å². The molecule has 1 heterocycles. The lowest BCUT2D eigenvalue weighted by molar-refractivity contribution is 0.0992. The van der Waals surface area contributed by atoms with Gasteiger partial charge in [-0.2, -0.15) is 4.99 Å². The van der Waals surface area contributed by atoms with E-state index in [1.165, 1.54) is 0 Å². The minimum atomic E-state index is -0.297. The van der Waals surface area contributed by atoms with Gasteiger partial charge >= 0.3 is 5.68 Å². The number of carbonyl (C=O) groups excluding carboxylic acids is 1. The van der Waals surface area contributed by atoms with Gasteiger partial charge in [0.25, 0.3) is 5.91 Å². The lowest BCUT2D eigenvalue weighted by Gasteiger charge is -2.01. The van der Waals surface area contributed by atoms with Gasteiger partial charge in [0.15, 0.2) is 0 Å². The van der Waals surface area contributed by atoms with Crippen LogP contribution in [0.1, 0.15) is 27.4 Å². The van der Waals surface area contributed by atoms with Crippen LogP contribution < -0.4 is 5.68 Å². The molecule has 104 valence electrons. The summed E-state index contributed by atoms with van der Waals surface area (Å²) in [6.45, 7) is 9.94. The summed E-state index contributed by atoms with van der Waals surface area (Å²) in [5, 5.41) is 0. The summed E-state index contributed by atoms with van der Waals surface area (Å²) < 4.78 is 7.39. The fourth-order valence-corrected chi connectivity index (χ4v) is 1.99. The van der Waals surface area contributed by atoms with E-state index in [2.05, 4.69) is 11.6 Å². The maximum Gasteiger partial charge on any atom is 0.305 e. The number of benzene rings is 1. The lowest BCUT2D eigenvalue weighted by atomic mass is 10.1. The molecule has 20 heavy (non-hydrogen) atoms. The average molecular weight is 270 g/mol. The largest absolute Gasteiger partial charge is 0.428 e. The quantitative estimate of drug-likeness (QED) is 0.805. The molecule has 0 fully saturated rings. The third-order valence-corrected chi connectivity index (χ3v) is 3.27. The van der Waals surface area contributed by atoms with E-state index in [1.807, 2.05) is 43.5 Å². The van der Waals surface area contributed by atoms with Crippen molar-refractivity contribution in [3.8, 4) is 0 Å². The molecule has 1 aromatic heterocycles. The number of aryl methyl sites for hydroxylation is 2. The summed E-state index contributed by atoms with van der Waals surface area (Å²) in [7, 11) is 0. The summed E-state index contributed by atoms with van der Waals surface area (Å²) in [6.07, 6.45) is 1.75. The highest BCUT2D eigenvalue weighted by atomic mass is 16.4. The van der Waals surface area contributed by atoms with Crippen molar-refractivity contribution in [3.63, 3.8) is 0 Å². The van der Waals surface area contributed by atoms with Crippen LogP contribution in [0.2, 0.25) is 0 Å². The van der Waals surface area contributed by atoms with Crippen molar-refractivity contribution in [1.29, 1.82) is 0 Å². The Labute approximate surface area is 118 Å². The van der Waals surface area contributed by atoms with Gasteiger partial charge in [-0.1, -0.05) is 24.3 Å². The second kappa shape index (κ2) is 5.74. The van der Waals surface area contributed by atoms with Crippen molar-refractivity contribution in [2.75, 3.05) is 0 Å². The molecule has 0 aliphatic heterocycles. The fourth-order valence-electron chi connectivity index (χ4n) is 1.99. The molecule has 1 amide bonds. The first-order valence-electron chi connectivity index (χ1n) is 6.47. The molecule has 0 radical (unpaired) electrons. The summed E-state index contributed by atoms with van der Waals surface area (Å²) >= 11 is 0. The number of hydrogen-bond acceptors (Lipinski definition) is 2. The molecule has 0 bridgehead atoms. The Balaban J connectivity index is 2.51. The van der Waals surface area contributed by atoms with Crippen molar-refractivity contribution in [1.82, 2.24) is 4.57 Å². The van der Waals surface area contributed by atoms with Crippen molar-refractivity contribution >= 4 is 5.91 Å². The molecule has 2 rings (SSSR count). The molecule has 2 aromatic rings. The van der Waals surface area contributed by atoms with Crippen molar-refractivity contribution in [2.24, 2.45) is 4.99 Å². The molecule has 4 heteroatoms. The van der Waals surface area contributed by atoms with Gasteiger partial charge in [0, 0.05) is 12.1 Å². The minimum absolute atomic E-state index is 0.297. The summed E-state index contributed by atoms with van der Waals surface area (Å²) in [4.78, 5) is 16.3. The molecule has 0 saturated heterocycles. The van der Waals surface area contributed by atoms with E-state index in [4.69, 9.17) is 4.42 Å². The normalized spacial score (nSPS) is 11.7. The third-order valence-electron chi connectivity index (χ3n) is 3.27. The Hall–Kier alpha value is -2.36. The van der Waals surface area contributed by atoms with Gasteiger partial charge < -0.3 is 4.42 Å². The van der Waals surface area contributed by atoms with Gasteiger partial charge in [0.2, 0.25) is 0 Å². The van der Waals surface area contributed by atoms with Gasteiger partial charge in [-0.15, -0.1) is 6.58 Å². The number of nitrogens with zero attached hydrogens (tertiary/aromatic N) is 2. The minimum Gasteiger partial charge on any atom is -0.428 e. The molecule has 0 aliphatic carbocycles. The third kappa shape index (κ3) is 2.64. The van der Waals surface area contributed by atoms with Crippen LogP contribution in [0.15, 0.2) is 46.3 Å². The first kappa shape index (κ1) is 14.1. The molecule has 0 N–H and O–H groups in total. The number of oxazole rings is 1. The van der Waals surface area contributed by atoms with E-state index in [0.29, 0.717) is 17.8 Å². The van der Waals surface area contributed by atoms with E-state index in [0.717, 1.165) is 17.0 Å². The second-order valence-electron chi connectivity index (χ2n) is 4.66. The highest BCUT2D eigenvalue weighted by molar-refractivity contribution is 5.96. The molecule has 1 aromatic carbocycles. The lowest BCUT2D eigenvalue weighted by Crippen LogP contribution is -2.19. The Morgan fingerprint density at radius 3 is 2.70 bits per heavy atom. The van der Waals surface area contributed by atoms with Gasteiger partial charge in [-0.3, -0.25) is 9.36 Å². The van der Waals surface area contributed by atoms with Crippen molar-refractivity contribution < 1.29 is 9.21 Å². The zero-order valence-corrected chi connectivity index (χ0v) is 12.0. The average Bonchev–Trinajstić information content (AvgIpc) is 2.67. The van der Waals surface area contributed by atoms with Crippen LogP contribution in [-0.4, -0.2) is 10.5 Å². The molecule has 0 spiro atoms. The van der Waals surface area contributed by atoms with Crippen LogP contribution >= 0.6 is 0 Å². The van der Waals surface area contributed by atoms with Gasteiger partial charge in [0.05, 0.1) is 5.69 Å². The van der Waals surface area contributed by atoms with E-state index in [-0.39, 0.29) is 5.91 Å². The van der Waals surface area contributed by atoms with E-state index in [1.54, 1.807) is 12.1 Å². The predicted octanol–water partition coefficient (Wildman–Crippen LogP) is 2.93. The SMILES string of the molecule is C=CCn1c(C)c(C)o/c1=N\C(=O)c1ccccc1C. The fraction of sp³-hybridized carbons (Fsp3) is 0.250. The first-order chi connectivity index (χ1) is 9.54. The molecule has 0 unspecified atom stereocenters. The van der Waals surface area contributed by atoms with Crippen molar-refractivity contribution in [2.45, 2.75) is 27.3 Å². The molecule has 0 aliphatic rings. The standard InChI is InChI=1S/C16H18N2O2/c1-5-10-18-12(3)13(4)20-16(18)17-15(19)14-9-7-6-8-11(14)2/h5-9H,1,10H2,2-4H3/b17-16-. The highest BCUT2D eigenvalue weighted by Gasteiger charge is 2.11. The van der Waals surface area contributed by atoms with Crippen LogP contribution in [0.4, 0.5) is 0 Å². The van der Waals surface area contributed by atoms with Crippen LogP contribution in [-0.2, 0) is 6.54 Å². The number of aromatic nitrogens is 1. The molecular formula is C16H18N2O2. The van der Waals surface area contributed by atoms with E-state index < -0.39 is 0 Å². The highest BCUT2D eigenvalue weighted by Crippen LogP contribution is 2.09. The zero-order valence-electron chi connectivity index (χ0n) is 12.0. The van der Waals surface area contributed by atoms with Crippen LogP contribution in [0.25, 0.3) is 0 Å². The van der Waals surface area contributed by atoms with Gasteiger partial charge in [0.1, 0.15) is 5.76 Å². The number of carbonyl (C=O) groups is 1. The van der Waals surface area contributed by atoms with Crippen LogP contribution in [0, 0.1) is 20.8 Å². The van der Waals surface area contributed by atoms with Crippen molar-refractivity contribution in [3.05, 3.63) is 65.2 Å². The summed E-state index contributed by atoms with van der Waals surface area (Å²) in [5.41, 5.74) is 2.75. The number of hydrogen-bond donors (Lipinski definition) is 0. The van der Waals surface area contributed by atoms with Gasteiger partial charge in [-0.25, -0.2) is 0 Å². The smallest absolute Gasteiger partial charge is 0.305 e. The van der Waals surface area contributed by atoms with Crippen LogP contribution in [0.5, 0.6) is 0 Å². The number of rotatable bonds is 3.